The minimum Gasteiger partial charge on any atom is -0.370 e. The standard InChI is InChI=1S/C14H29N3/c1-14(2,3)9-4-5-10-16-13(15)17-11-12-7-6-8-12/h12H,4-11H2,1-3H3,(H3,15,16,17). The average Bonchev–Trinajstić information content (AvgIpc) is 2.13. The van der Waals surface area contributed by atoms with Crippen LogP contribution in [0.4, 0.5) is 0 Å². The van der Waals surface area contributed by atoms with E-state index in [0.29, 0.717) is 11.4 Å². The van der Waals surface area contributed by atoms with E-state index >= 15 is 0 Å². The van der Waals surface area contributed by atoms with E-state index in [2.05, 4.69) is 31.1 Å². The van der Waals surface area contributed by atoms with Gasteiger partial charge in [0.25, 0.3) is 0 Å². The number of hydrogen-bond acceptors (Lipinski definition) is 1. The van der Waals surface area contributed by atoms with Crippen LogP contribution in [0.15, 0.2) is 4.99 Å². The van der Waals surface area contributed by atoms with Crippen LogP contribution in [-0.2, 0) is 0 Å². The molecule has 0 aromatic carbocycles. The quantitative estimate of drug-likeness (QED) is 0.425. The molecule has 1 aliphatic rings. The zero-order valence-electron chi connectivity index (χ0n) is 11.8. The number of aliphatic imine (C=N–C) groups is 1. The van der Waals surface area contributed by atoms with Gasteiger partial charge in [-0.1, -0.05) is 33.6 Å². The first-order valence-electron chi connectivity index (χ1n) is 7.01. The Morgan fingerprint density at radius 1 is 1.29 bits per heavy atom. The lowest BCUT2D eigenvalue weighted by Crippen LogP contribution is -2.33. The lowest BCUT2D eigenvalue weighted by Gasteiger charge is -2.23. The SMILES string of the molecule is CC(C)(C)CCCCNC(N)=NCC1CCC1. The molecule has 1 aliphatic carbocycles. The van der Waals surface area contributed by atoms with Gasteiger partial charge >= 0.3 is 0 Å². The van der Waals surface area contributed by atoms with Gasteiger partial charge in [-0.15, -0.1) is 0 Å². The van der Waals surface area contributed by atoms with Gasteiger partial charge in [-0.2, -0.15) is 0 Å². The van der Waals surface area contributed by atoms with Gasteiger partial charge in [-0.25, -0.2) is 0 Å². The molecule has 0 aliphatic heterocycles. The van der Waals surface area contributed by atoms with Crippen molar-refractivity contribution in [1.29, 1.82) is 0 Å². The molecule has 1 rings (SSSR count). The summed E-state index contributed by atoms with van der Waals surface area (Å²) in [4.78, 5) is 4.38. The van der Waals surface area contributed by atoms with E-state index in [0.717, 1.165) is 19.0 Å². The van der Waals surface area contributed by atoms with Crippen molar-refractivity contribution in [1.82, 2.24) is 5.32 Å². The molecule has 0 spiro atoms. The zero-order valence-corrected chi connectivity index (χ0v) is 11.8. The molecular weight excluding hydrogens is 210 g/mol. The highest BCUT2D eigenvalue weighted by Gasteiger charge is 2.16. The van der Waals surface area contributed by atoms with E-state index in [-0.39, 0.29) is 0 Å². The topological polar surface area (TPSA) is 50.4 Å². The molecule has 100 valence electrons. The summed E-state index contributed by atoms with van der Waals surface area (Å²) in [5.41, 5.74) is 6.26. The first kappa shape index (κ1) is 14.3. The van der Waals surface area contributed by atoms with Gasteiger partial charge in [0.15, 0.2) is 5.96 Å². The summed E-state index contributed by atoms with van der Waals surface area (Å²) >= 11 is 0. The van der Waals surface area contributed by atoms with Crippen molar-refractivity contribution in [3.05, 3.63) is 0 Å². The predicted molar refractivity (Wildman–Crippen MR) is 75.1 cm³/mol. The fourth-order valence-corrected chi connectivity index (χ4v) is 1.96. The Balaban J connectivity index is 1.97. The molecule has 0 aromatic rings. The van der Waals surface area contributed by atoms with Gasteiger partial charge in [0, 0.05) is 13.1 Å². The molecule has 0 amide bonds. The molecule has 1 saturated carbocycles. The summed E-state index contributed by atoms with van der Waals surface area (Å²) in [7, 11) is 0. The minimum absolute atomic E-state index is 0.448. The van der Waals surface area contributed by atoms with E-state index in [1.165, 1.54) is 38.5 Å². The fraction of sp³-hybridized carbons (Fsp3) is 0.929. The van der Waals surface area contributed by atoms with E-state index in [4.69, 9.17) is 5.73 Å². The second-order valence-electron chi connectivity index (χ2n) is 6.47. The molecular formula is C14H29N3. The molecule has 3 nitrogen and oxygen atoms in total. The summed E-state index contributed by atoms with van der Waals surface area (Å²) in [6.45, 7) is 8.73. The number of guanidine groups is 1. The second-order valence-corrected chi connectivity index (χ2v) is 6.47. The van der Waals surface area contributed by atoms with Crippen LogP contribution >= 0.6 is 0 Å². The van der Waals surface area contributed by atoms with Crippen LogP contribution in [0.25, 0.3) is 0 Å². The van der Waals surface area contributed by atoms with Crippen molar-refractivity contribution >= 4 is 5.96 Å². The molecule has 0 heterocycles. The molecule has 1 fully saturated rings. The molecule has 0 saturated heterocycles. The zero-order chi connectivity index (χ0) is 12.7. The summed E-state index contributed by atoms with van der Waals surface area (Å²) in [5, 5.41) is 3.20. The van der Waals surface area contributed by atoms with Crippen molar-refractivity contribution in [2.24, 2.45) is 22.1 Å². The largest absolute Gasteiger partial charge is 0.370 e. The number of unbranched alkanes of at least 4 members (excludes halogenated alkanes) is 1. The van der Waals surface area contributed by atoms with Crippen molar-refractivity contribution in [2.45, 2.75) is 59.3 Å². The van der Waals surface area contributed by atoms with Gasteiger partial charge in [-0.3, -0.25) is 4.99 Å². The van der Waals surface area contributed by atoms with Crippen LogP contribution < -0.4 is 11.1 Å². The summed E-state index contributed by atoms with van der Waals surface area (Å²) in [5.74, 6) is 1.43. The maximum absolute atomic E-state index is 5.81. The van der Waals surface area contributed by atoms with Crippen LogP contribution in [0.2, 0.25) is 0 Å². The maximum Gasteiger partial charge on any atom is 0.188 e. The van der Waals surface area contributed by atoms with Gasteiger partial charge < -0.3 is 11.1 Å². The summed E-state index contributed by atoms with van der Waals surface area (Å²) < 4.78 is 0. The Morgan fingerprint density at radius 3 is 2.53 bits per heavy atom. The molecule has 0 bridgehead atoms. The van der Waals surface area contributed by atoms with Crippen LogP contribution in [0.3, 0.4) is 0 Å². The highest BCUT2D eigenvalue weighted by atomic mass is 15.1. The van der Waals surface area contributed by atoms with E-state index in [1.807, 2.05) is 0 Å². The third kappa shape index (κ3) is 7.24. The molecule has 0 aromatic heterocycles. The van der Waals surface area contributed by atoms with Crippen molar-refractivity contribution < 1.29 is 0 Å². The van der Waals surface area contributed by atoms with Gasteiger partial charge in [0.2, 0.25) is 0 Å². The third-order valence-electron chi connectivity index (χ3n) is 3.40. The Labute approximate surface area is 106 Å². The van der Waals surface area contributed by atoms with Crippen molar-refractivity contribution in [2.75, 3.05) is 13.1 Å². The molecule has 0 unspecified atom stereocenters. The van der Waals surface area contributed by atoms with E-state index < -0.39 is 0 Å². The molecule has 17 heavy (non-hydrogen) atoms. The Morgan fingerprint density at radius 2 is 2.00 bits per heavy atom. The number of hydrogen-bond donors (Lipinski definition) is 2. The van der Waals surface area contributed by atoms with Gasteiger partial charge in [0.05, 0.1) is 0 Å². The van der Waals surface area contributed by atoms with Gasteiger partial charge in [0.1, 0.15) is 0 Å². The average molecular weight is 239 g/mol. The first-order valence-corrected chi connectivity index (χ1v) is 7.01. The fourth-order valence-electron chi connectivity index (χ4n) is 1.96. The van der Waals surface area contributed by atoms with Crippen LogP contribution in [0.5, 0.6) is 0 Å². The highest BCUT2D eigenvalue weighted by molar-refractivity contribution is 5.77. The minimum atomic E-state index is 0.448. The van der Waals surface area contributed by atoms with Crippen molar-refractivity contribution in [3.63, 3.8) is 0 Å². The first-order chi connectivity index (χ1) is 7.97. The Kier molecular flexibility index (Phi) is 5.79. The molecule has 0 atom stereocenters. The van der Waals surface area contributed by atoms with E-state index in [1.54, 1.807) is 0 Å². The summed E-state index contributed by atoms with van der Waals surface area (Å²) in [6, 6.07) is 0. The number of nitrogens with zero attached hydrogens (tertiary/aromatic N) is 1. The lowest BCUT2D eigenvalue weighted by atomic mass is 9.86. The number of nitrogens with one attached hydrogen (secondary N) is 1. The molecule has 3 N–H and O–H groups in total. The maximum atomic E-state index is 5.81. The van der Waals surface area contributed by atoms with Crippen LogP contribution in [-0.4, -0.2) is 19.0 Å². The second kappa shape index (κ2) is 6.87. The Bertz CT molecular complexity index is 236. The van der Waals surface area contributed by atoms with Crippen molar-refractivity contribution in [3.8, 4) is 0 Å². The molecule has 0 radical (unpaired) electrons. The normalized spacial score (nSPS) is 17.9. The highest BCUT2D eigenvalue weighted by Crippen LogP contribution is 2.26. The van der Waals surface area contributed by atoms with Crippen LogP contribution in [0.1, 0.15) is 59.3 Å². The Hall–Kier alpha value is -0.730. The predicted octanol–water partition coefficient (Wildman–Crippen LogP) is 2.91. The lowest BCUT2D eigenvalue weighted by molar-refractivity contribution is 0.326. The van der Waals surface area contributed by atoms with Crippen LogP contribution in [0, 0.1) is 11.3 Å². The number of rotatable bonds is 6. The molecule has 3 heteroatoms. The summed E-state index contributed by atoms with van der Waals surface area (Å²) in [6.07, 6.45) is 7.75. The number of nitrogens with two attached hydrogens (primary N) is 1. The third-order valence-corrected chi connectivity index (χ3v) is 3.40. The van der Waals surface area contributed by atoms with Gasteiger partial charge in [-0.05, 0) is 37.0 Å². The monoisotopic (exact) mass is 239 g/mol. The smallest absolute Gasteiger partial charge is 0.188 e. The van der Waals surface area contributed by atoms with E-state index in [9.17, 15) is 0 Å².